The molecular weight excluding hydrogens is 559 g/mol. The molecular formula is C29H41B2F3N6O3. The van der Waals surface area contributed by atoms with Crippen molar-refractivity contribution in [1.29, 1.82) is 0 Å². The zero-order valence-corrected chi connectivity index (χ0v) is 24.9. The zero-order valence-electron chi connectivity index (χ0n) is 24.9. The van der Waals surface area contributed by atoms with Crippen LogP contribution in [-0.4, -0.2) is 84.2 Å². The van der Waals surface area contributed by atoms with E-state index in [9.17, 15) is 23.1 Å². The maximum atomic E-state index is 14.4. The van der Waals surface area contributed by atoms with Gasteiger partial charge in [-0.2, -0.15) is 13.2 Å². The van der Waals surface area contributed by atoms with Crippen LogP contribution in [-0.2, 0) is 10.9 Å². The fourth-order valence-electron chi connectivity index (χ4n) is 7.95. The number of pyridine rings is 1. The highest BCUT2D eigenvalue weighted by Crippen LogP contribution is 2.50. The number of piperidine rings is 1. The second kappa shape index (κ2) is 11.5. The number of ether oxygens (including phenoxy) is 1. The monoisotopic (exact) mass is 600 g/mol. The van der Waals surface area contributed by atoms with Crippen LogP contribution in [0.3, 0.4) is 0 Å². The Morgan fingerprint density at radius 1 is 1.19 bits per heavy atom. The molecule has 3 N–H and O–H groups in total. The minimum absolute atomic E-state index is 0.105. The molecule has 0 spiro atoms. The summed E-state index contributed by atoms with van der Waals surface area (Å²) in [5.41, 5.74) is 3.08. The molecule has 4 aliphatic rings. The van der Waals surface area contributed by atoms with Crippen molar-refractivity contribution in [1.82, 2.24) is 29.6 Å². The van der Waals surface area contributed by atoms with Gasteiger partial charge in [-0.05, 0) is 75.5 Å². The minimum atomic E-state index is -4.60. The fraction of sp³-hybridized carbons (Fsp3) is 0.759. The number of halogens is 3. The molecule has 14 heteroatoms. The van der Waals surface area contributed by atoms with Crippen molar-refractivity contribution < 1.29 is 23.0 Å². The first kappa shape index (κ1) is 31.2. The molecule has 3 aliphatic heterocycles. The van der Waals surface area contributed by atoms with Crippen molar-refractivity contribution in [2.45, 2.75) is 88.7 Å². The Bertz CT molecular complexity index is 1370. The lowest BCUT2D eigenvalue weighted by molar-refractivity contribution is -0.171. The Kier molecular flexibility index (Phi) is 8.34. The van der Waals surface area contributed by atoms with Crippen LogP contribution in [0.1, 0.15) is 82.0 Å². The molecule has 4 radical (unpaired) electrons. The topological polar surface area (TPSA) is 86.4 Å². The number of likely N-dealkylation sites (tertiary alicyclic amines) is 1. The standard InChI is InChI=1S/C29H41B2F3N6O3/c1-18-5-4-8-37(12-18)19(2)20-9-23(28(32,33)34)24-14-38(26(41)39(24)13-20)22-7-3-6-21(10-22)27(15-43-16-27)11-25-36-35-17-40(25)29(30,31)42/h9,13-14,18-19,21-22,25,35-36,42H,3-8,10-12,15-17H2,1-2H3/t18-,19-,21?,22?,25?/m0/s1. The van der Waals surface area contributed by atoms with Crippen LogP contribution in [0.5, 0.6) is 0 Å². The maximum absolute atomic E-state index is 14.4. The highest BCUT2D eigenvalue weighted by Gasteiger charge is 2.50. The summed E-state index contributed by atoms with van der Waals surface area (Å²) in [7, 11) is 11.6. The van der Waals surface area contributed by atoms with Crippen LogP contribution >= 0.6 is 0 Å². The highest BCUT2D eigenvalue weighted by atomic mass is 19.4. The van der Waals surface area contributed by atoms with Gasteiger partial charge in [0.1, 0.15) is 15.7 Å². The van der Waals surface area contributed by atoms with E-state index in [1.165, 1.54) is 21.2 Å². The molecule has 43 heavy (non-hydrogen) atoms. The van der Waals surface area contributed by atoms with Crippen LogP contribution in [0.4, 0.5) is 13.2 Å². The maximum Gasteiger partial charge on any atom is 0.418 e. The molecule has 3 unspecified atom stereocenters. The van der Waals surface area contributed by atoms with Crippen LogP contribution in [0, 0.1) is 17.3 Å². The van der Waals surface area contributed by atoms with E-state index in [-0.39, 0.29) is 41.8 Å². The number of hydrogen-bond donors (Lipinski definition) is 3. The molecule has 5 heterocycles. The summed E-state index contributed by atoms with van der Waals surface area (Å²) in [4.78, 5) is 17.6. The normalized spacial score (nSPS) is 30.0. The highest BCUT2D eigenvalue weighted by molar-refractivity contribution is 6.38. The number of imidazole rings is 1. The van der Waals surface area contributed by atoms with Crippen LogP contribution in [0.2, 0.25) is 0 Å². The fourth-order valence-corrected chi connectivity index (χ4v) is 7.95. The van der Waals surface area contributed by atoms with Crippen molar-refractivity contribution in [3.8, 4) is 0 Å². The number of fused-ring (bicyclic) bond motifs is 1. The molecule has 0 amide bonds. The van der Waals surface area contributed by atoms with Gasteiger partial charge in [0, 0.05) is 42.0 Å². The minimum Gasteiger partial charge on any atom is -0.395 e. The van der Waals surface area contributed by atoms with E-state index in [1.807, 2.05) is 6.92 Å². The third kappa shape index (κ3) is 5.95. The quantitative estimate of drug-likeness (QED) is 0.422. The van der Waals surface area contributed by atoms with Crippen LogP contribution < -0.4 is 16.5 Å². The first-order chi connectivity index (χ1) is 20.3. The number of nitrogens with zero attached hydrogens (tertiary/aromatic N) is 4. The van der Waals surface area contributed by atoms with Gasteiger partial charge in [-0.15, -0.1) is 0 Å². The lowest BCUT2D eigenvalue weighted by Gasteiger charge is -2.52. The smallest absolute Gasteiger partial charge is 0.395 e. The molecule has 9 nitrogen and oxygen atoms in total. The second-order valence-corrected chi connectivity index (χ2v) is 13.5. The van der Waals surface area contributed by atoms with Gasteiger partial charge in [0.05, 0.1) is 37.1 Å². The van der Waals surface area contributed by atoms with Crippen molar-refractivity contribution in [2.24, 2.45) is 17.3 Å². The first-order valence-electron chi connectivity index (χ1n) is 15.5. The van der Waals surface area contributed by atoms with Gasteiger partial charge in [0.15, 0.2) is 0 Å². The van der Waals surface area contributed by atoms with Gasteiger partial charge in [-0.3, -0.25) is 18.8 Å². The largest absolute Gasteiger partial charge is 0.418 e. The zero-order chi connectivity index (χ0) is 30.7. The van der Waals surface area contributed by atoms with Gasteiger partial charge in [-0.1, -0.05) is 13.3 Å². The van der Waals surface area contributed by atoms with Gasteiger partial charge >= 0.3 is 11.9 Å². The van der Waals surface area contributed by atoms with E-state index in [2.05, 4.69) is 22.7 Å². The molecule has 5 atom stereocenters. The first-order valence-corrected chi connectivity index (χ1v) is 15.5. The molecule has 2 aromatic rings. The number of hydrogen-bond acceptors (Lipinski definition) is 7. The van der Waals surface area contributed by atoms with E-state index in [0.29, 0.717) is 44.0 Å². The number of rotatable bonds is 7. The van der Waals surface area contributed by atoms with E-state index in [1.54, 1.807) is 11.1 Å². The molecule has 232 valence electrons. The summed E-state index contributed by atoms with van der Waals surface area (Å²) in [6, 6.07) is 0.761. The van der Waals surface area contributed by atoms with Crippen molar-refractivity contribution in [3.63, 3.8) is 0 Å². The molecule has 0 aromatic carbocycles. The molecule has 6 rings (SSSR count). The van der Waals surface area contributed by atoms with Gasteiger partial charge < -0.3 is 9.84 Å². The third-order valence-corrected chi connectivity index (χ3v) is 10.5. The predicted molar refractivity (Wildman–Crippen MR) is 157 cm³/mol. The number of nitrogens with one attached hydrogen (secondary N) is 2. The summed E-state index contributed by atoms with van der Waals surface area (Å²) in [6.45, 7) is 7.06. The molecule has 1 aliphatic carbocycles. The lowest BCUT2D eigenvalue weighted by Crippen LogP contribution is -2.59. The van der Waals surface area contributed by atoms with Crippen molar-refractivity contribution >= 4 is 21.2 Å². The Hall–Kier alpha value is -1.83. The summed E-state index contributed by atoms with van der Waals surface area (Å²) in [5.74, 6) is 0.650. The number of alkyl halides is 3. The summed E-state index contributed by atoms with van der Waals surface area (Å²) in [5, 5.41) is 10.2. The number of hydrazine groups is 1. The van der Waals surface area contributed by atoms with E-state index < -0.39 is 23.0 Å². The Labute approximate surface area is 252 Å². The van der Waals surface area contributed by atoms with E-state index in [4.69, 9.17) is 20.4 Å². The average Bonchev–Trinajstić information content (AvgIpc) is 3.54. The molecule has 1 saturated carbocycles. The van der Waals surface area contributed by atoms with Gasteiger partial charge in [0.2, 0.25) is 0 Å². The van der Waals surface area contributed by atoms with Crippen molar-refractivity contribution in [3.05, 3.63) is 40.1 Å². The number of aromatic nitrogens is 2. The summed E-state index contributed by atoms with van der Waals surface area (Å²) in [6.07, 6.45) is 3.94. The van der Waals surface area contributed by atoms with E-state index >= 15 is 0 Å². The summed E-state index contributed by atoms with van der Waals surface area (Å²) < 4.78 is 51.7. The van der Waals surface area contributed by atoms with Gasteiger partial charge in [-0.25, -0.2) is 15.6 Å². The summed E-state index contributed by atoms with van der Waals surface area (Å²) >= 11 is 0. The Balaban J connectivity index is 1.29. The second-order valence-electron chi connectivity index (χ2n) is 13.5. The predicted octanol–water partition coefficient (Wildman–Crippen LogP) is 2.68. The Morgan fingerprint density at radius 3 is 2.60 bits per heavy atom. The number of aliphatic hydroxyl groups is 1. The van der Waals surface area contributed by atoms with Gasteiger partial charge in [0.25, 0.3) is 0 Å². The molecule has 3 saturated heterocycles. The average molecular weight is 600 g/mol. The van der Waals surface area contributed by atoms with Crippen molar-refractivity contribution in [2.75, 3.05) is 33.0 Å². The van der Waals surface area contributed by atoms with Crippen LogP contribution in [0.25, 0.3) is 5.52 Å². The molecule has 2 aromatic heterocycles. The molecule has 0 bridgehead atoms. The lowest BCUT2D eigenvalue weighted by atomic mass is 9.63. The van der Waals surface area contributed by atoms with E-state index in [0.717, 1.165) is 38.8 Å². The van der Waals surface area contributed by atoms with Crippen LogP contribution in [0.15, 0.2) is 23.3 Å². The molecule has 4 fully saturated rings. The SMILES string of the molecule is [B]C([B])(O)N1CNNC1CC1(C2CCCC(n3cc4c(C(F)(F)F)cc([C@H](C)N5CCC[C@H](C)C5)cn4c3=O)C2)COC1. The third-order valence-electron chi connectivity index (χ3n) is 10.5. The Morgan fingerprint density at radius 2 is 1.95 bits per heavy atom.